The quantitative estimate of drug-likeness (QED) is 0.352. The second-order valence-electron chi connectivity index (χ2n) is 4.78. The van der Waals surface area contributed by atoms with Crippen LogP contribution in [0.3, 0.4) is 0 Å². The van der Waals surface area contributed by atoms with Crippen molar-refractivity contribution in [3.63, 3.8) is 0 Å². The van der Waals surface area contributed by atoms with Crippen LogP contribution in [-0.4, -0.2) is 42.0 Å². The van der Waals surface area contributed by atoms with E-state index in [1.165, 1.54) is 12.1 Å². The Morgan fingerprint density at radius 2 is 2.12 bits per heavy atom. The second kappa shape index (κ2) is 6.54. The van der Waals surface area contributed by atoms with E-state index >= 15 is 0 Å². The largest absolute Gasteiger partial charge is 0.469 e. The number of benzene rings is 1. The van der Waals surface area contributed by atoms with E-state index in [0.29, 0.717) is 0 Å². The van der Waals surface area contributed by atoms with Gasteiger partial charge in [0.15, 0.2) is 5.75 Å². The van der Waals surface area contributed by atoms with E-state index in [1.807, 2.05) is 0 Å². The van der Waals surface area contributed by atoms with Crippen LogP contribution >= 0.6 is 0 Å². The fraction of sp³-hybridized carbons (Fsp3) is 0.286. The molecular weight excluding hydrogens is 324 g/mol. The molecule has 1 aliphatic heterocycles. The van der Waals surface area contributed by atoms with Gasteiger partial charge in [0.05, 0.1) is 36.6 Å². The van der Waals surface area contributed by atoms with E-state index in [0.717, 1.165) is 26.4 Å². The van der Waals surface area contributed by atoms with E-state index in [4.69, 9.17) is 4.74 Å². The van der Waals surface area contributed by atoms with Gasteiger partial charge < -0.3 is 24.6 Å². The van der Waals surface area contributed by atoms with Crippen LogP contribution in [0.5, 0.6) is 5.75 Å². The van der Waals surface area contributed by atoms with Crippen LogP contribution in [0.15, 0.2) is 30.0 Å². The maximum Gasteiger partial charge on any atom is 0.332 e. The van der Waals surface area contributed by atoms with Crippen LogP contribution in [0.4, 0.5) is 11.4 Å². The smallest absolute Gasteiger partial charge is 0.332 e. The maximum atomic E-state index is 11.5. The van der Waals surface area contributed by atoms with E-state index in [9.17, 15) is 24.8 Å². The summed E-state index contributed by atoms with van der Waals surface area (Å²) < 4.78 is 14.3. The molecule has 128 valence electrons. The number of non-ortho nitro benzene ring substituents is 1. The summed E-state index contributed by atoms with van der Waals surface area (Å²) in [6, 6.07) is 3.64. The van der Waals surface area contributed by atoms with E-state index in [2.05, 4.69) is 14.8 Å². The molecule has 0 amide bonds. The van der Waals surface area contributed by atoms with E-state index in [-0.39, 0.29) is 22.8 Å². The summed E-state index contributed by atoms with van der Waals surface area (Å²) >= 11 is 0. The molecule has 2 N–H and O–H groups in total. The van der Waals surface area contributed by atoms with E-state index in [1.54, 1.807) is 0 Å². The first-order chi connectivity index (χ1) is 11.3. The zero-order valence-corrected chi connectivity index (χ0v) is 12.8. The molecular formula is C14H14N2O8. The van der Waals surface area contributed by atoms with Gasteiger partial charge in [-0.3, -0.25) is 14.9 Å². The molecule has 1 unspecified atom stereocenters. The number of hydrogen-bond acceptors (Lipinski definition) is 9. The average molecular weight is 338 g/mol. The van der Waals surface area contributed by atoms with Gasteiger partial charge in [-0.25, -0.2) is 4.79 Å². The third-order valence-corrected chi connectivity index (χ3v) is 3.22. The number of carbonyl (C=O) groups is 2. The molecule has 10 heteroatoms. The summed E-state index contributed by atoms with van der Waals surface area (Å²) in [5.41, 5.74) is -0.164. The Morgan fingerprint density at radius 3 is 2.71 bits per heavy atom. The first-order valence-corrected chi connectivity index (χ1v) is 6.63. The lowest BCUT2D eigenvalue weighted by Gasteiger charge is -2.35. The number of nitro benzene ring substituents is 1. The number of anilines is 1. The minimum Gasteiger partial charge on any atom is -0.469 e. The van der Waals surface area contributed by atoms with Crippen molar-refractivity contribution in [1.82, 2.24) is 0 Å². The Morgan fingerprint density at radius 1 is 1.42 bits per heavy atom. The van der Waals surface area contributed by atoms with Crippen molar-refractivity contribution in [1.29, 1.82) is 0 Å². The van der Waals surface area contributed by atoms with Crippen LogP contribution in [0.2, 0.25) is 0 Å². The molecule has 24 heavy (non-hydrogen) atoms. The van der Waals surface area contributed by atoms with Crippen LogP contribution in [0.25, 0.3) is 0 Å². The molecule has 0 fully saturated rings. The Hall–Kier alpha value is -3.14. The minimum atomic E-state index is -2.27. The summed E-state index contributed by atoms with van der Waals surface area (Å²) in [6.45, 7) is 0. The molecule has 1 aromatic rings. The lowest BCUT2D eigenvalue weighted by atomic mass is 10.0. The number of esters is 2. The number of fused-ring (bicyclic) bond motifs is 1. The van der Waals surface area contributed by atoms with Gasteiger partial charge in [0.1, 0.15) is 6.42 Å². The summed E-state index contributed by atoms with van der Waals surface area (Å²) in [6.07, 6.45) is 0.259. The Bertz CT molecular complexity index is 729. The summed E-state index contributed by atoms with van der Waals surface area (Å²) in [5, 5.41) is 24.2. The van der Waals surface area contributed by atoms with Gasteiger partial charge in [-0.15, -0.1) is 0 Å². The van der Waals surface area contributed by atoms with Crippen molar-refractivity contribution in [2.24, 2.45) is 0 Å². The predicted octanol–water partition coefficient (Wildman–Crippen LogP) is 0.708. The van der Waals surface area contributed by atoms with Gasteiger partial charge in [0.2, 0.25) is 0 Å². The topological polar surface area (TPSA) is 137 Å². The molecule has 1 atom stereocenters. The van der Waals surface area contributed by atoms with Crippen LogP contribution in [0.1, 0.15) is 6.42 Å². The number of nitrogens with one attached hydrogen (secondary N) is 1. The highest BCUT2D eigenvalue weighted by Gasteiger charge is 2.42. The second-order valence-corrected chi connectivity index (χ2v) is 4.78. The molecule has 0 spiro atoms. The molecule has 1 aliphatic rings. The number of methoxy groups -OCH3 is 2. The number of ether oxygens (including phenoxy) is 3. The van der Waals surface area contributed by atoms with Gasteiger partial charge >= 0.3 is 11.9 Å². The molecule has 1 aromatic carbocycles. The van der Waals surface area contributed by atoms with Gasteiger partial charge in [0.25, 0.3) is 11.5 Å². The molecule has 0 saturated carbocycles. The fourth-order valence-electron chi connectivity index (χ4n) is 2.02. The Labute approximate surface area is 135 Å². The number of rotatable bonds is 4. The Balaban J connectivity index is 2.48. The number of carbonyl (C=O) groups excluding carboxylic acids is 2. The van der Waals surface area contributed by atoms with Crippen molar-refractivity contribution in [2.75, 3.05) is 19.5 Å². The maximum absolute atomic E-state index is 11.5. The zero-order valence-electron chi connectivity index (χ0n) is 12.8. The van der Waals surface area contributed by atoms with Crippen molar-refractivity contribution >= 4 is 23.3 Å². The Kier molecular flexibility index (Phi) is 4.69. The number of nitro groups is 1. The summed E-state index contributed by atoms with van der Waals surface area (Å²) in [7, 11) is 2.25. The SMILES string of the molecule is COC(=O)/C=C1\Nc2ccc([N+](=O)[O-])cc2OC1(O)CC(=O)OC. The van der Waals surface area contributed by atoms with Crippen molar-refractivity contribution in [3.05, 3.63) is 40.1 Å². The van der Waals surface area contributed by atoms with Gasteiger partial charge in [-0.1, -0.05) is 0 Å². The molecule has 1 heterocycles. The number of nitrogens with zero attached hydrogens (tertiary/aromatic N) is 1. The number of aliphatic hydroxyl groups is 1. The molecule has 2 rings (SSSR count). The predicted molar refractivity (Wildman–Crippen MR) is 79.0 cm³/mol. The highest BCUT2D eigenvalue weighted by atomic mass is 16.6. The van der Waals surface area contributed by atoms with Crippen LogP contribution in [-0.2, 0) is 19.1 Å². The number of hydrogen-bond donors (Lipinski definition) is 2. The molecule has 0 aromatic heterocycles. The zero-order chi connectivity index (χ0) is 17.9. The van der Waals surface area contributed by atoms with Crippen LogP contribution < -0.4 is 10.1 Å². The highest BCUT2D eigenvalue weighted by Crippen LogP contribution is 2.40. The standard InChI is InChI=1S/C14H14N2O8/c1-22-12(17)6-11-14(19,7-13(18)23-2)24-10-5-8(16(20)21)3-4-9(10)15-11/h3-6,15,19H,7H2,1-2H3/b11-6-. The average Bonchev–Trinajstić information content (AvgIpc) is 2.54. The first-order valence-electron chi connectivity index (χ1n) is 6.63. The van der Waals surface area contributed by atoms with Crippen molar-refractivity contribution in [3.8, 4) is 5.75 Å². The van der Waals surface area contributed by atoms with Crippen LogP contribution in [0, 0.1) is 10.1 Å². The molecule has 10 nitrogen and oxygen atoms in total. The lowest BCUT2D eigenvalue weighted by molar-refractivity contribution is -0.385. The first kappa shape index (κ1) is 17.2. The van der Waals surface area contributed by atoms with Crippen molar-refractivity contribution in [2.45, 2.75) is 12.2 Å². The molecule has 0 aliphatic carbocycles. The normalized spacial score (nSPS) is 20.4. The highest BCUT2D eigenvalue weighted by molar-refractivity contribution is 5.85. The van der Waals surface area contributed by atoms with Crippen molar-refractivity contribution < 1.29 is 33.8 Å². The minimum absolute atomic E-state index is 0.0578. The summed E-state index contributed by atoms with van der Waals surface area (Å²) in [4.78, 5) is 33.2. The van der Waals surface area contributed by atoms with Gasteiger partial charge in [0, 0.05) is 12.1 Å². The summed E-state index contributed by atoms with van der Waals surface area (Å²) in [5.74, 6) is -3.94. The van der Waals surface area contributed by atoms with Gasteiger partial charge in [-0.2, -0.15) is 0 Å². The molecule has 0 radical (unpaired) electrons. The fourth-order valence-corrected chi connectivity index (χ4v) is 2.02. The molecule has 0 saturated heterocycles. The lowest BCUT2D eigenvalue weighted by Crippen LogP contribution is -2.46. The van der Waals surface area contributed by atoms with E-state index < -0.39 is 29.1 Å². The molecule has 0 bridgehead atoms. The van der Waals surface area contributed by atoms with Gasteiger partial charge in [-0.05, 0) is 6.07 Å². The monoisotopic (exact) mass is 338 g/mol. The third-order valence-electron chi connectivity index (χ3n) is 3.22. The third kappa shape index (κ3) is 3.43.